The molecule has 9 aromatic carbocycles. The standard InChI is InChI=1S/C60H30N6S2/c1-62-54-50(33-14-4-2-5-15-33)45(32-61)55(51(34-16-6-3-7-17-34)57(54)66-59-52-39(26-28-63-59)35-18-8-9-19-36(35)40-27-29-64-60(66)53(40)52)65-46-31-49-44(38-21-11-12-22-47(38)67-49)30-43(46)41-24-25-42-37-20-10-13-23-48(37)68-58(42)56(41)65/h2-31H. The molecular formula is C60H30N6S2. The summed E-state index contributed by atoms with van der Waals surface area (Å²) in [6.07, 6.45) is 3.75. The highest BCUT2D eigenvalue weighted by molar-refractivity contribution is 7.27. The first-order chi connectivity index (χ1) is 33.7. The smallest absolute Gasteiger partial charge is 0.220 e. The molecule has 8 heteroatoms. The molecule has 6 nitrogen and oxygen atoms in total. The first-order valence-electron chi connectivity index (χ1n) is 22.4. The quantitative estimate of drug-likeness (QED) is 0.131. The molecule has 0 aliphatic rings. The van der Waals surface area contributed by atoms with Gasteiger partial charge in [-0.3, -0.25) is 4.57 Å². The van der Waals surface area contributed by atoms with E-state index in [0.29, 0.717) is 39.5 Å². The lowest BCUT2D eigenvalue weighted by molar-refractivity contribution is 1.09. The molecule has 15 aromatic rings. The van der Waals surface area contributed by atoms with Gasteiger partial charge in [0.15, 0.2) is 0 Å². The van der Waals surface area contributed by atoms with E-state index in [2.05, 4.69) is 141 Å². The Morgan fingerprint density at radius 1 is 0.471 bits per heavy atom. The predicted molar refractivity (Wildman–Crippen MR) is 285 cm³/mol. The molecule has 0 fully saturated rings. The molecule has 0 aliphatic heterocycles. The highest BCUT2D eigenvalue weighted by atomic mass is 32.1. The van der Waals surface area contributed by atoms with Crippen molar-refractivity contribution in [3.05, 3.63) is 199 Å². The average molecular weight is 899 g/mol. The van der Waals surface area contributed by atoms with Gasteiger partial charge in [-0.05, 0) is 69.1 Å². The van der Waals surface area contributed by atoms with Crippen molar-refractivity contribution in [3.63, 3.8) is 0 Å². The Labute approximate surface area is 395 Å². The second kappa shape index (κ2) is 13.8. The summed E-state index contributed by atoms with van der Waals surface area (Å²) in [5.74, 6) is 0. The third-order valence-electron chi connectivity index (χ3n) is 14.0. The van der Waals surface area contributed by atoms with Crippen molar-refractivity contribution in [2.75, 3.05) is 0 Å². The first-order valence-corrected chi connectivity index (χ1v) is 24.0. The van der Waals surface area contributed by atoms with Crippen LogP contribution < -0.4 is 0 Å². The van der Waals surface area contributed by atoms with Crippen LogP contribution in [0.3, 0.4) is 0 Å². The molecule has 15 rings (SSSR count). The zero-order chi connectivity index (χ0) is 44.8. The zero-order valence-corrected chi connectivity index (χ0v) is 37.5. The van der Waals surface area contributed by atoms with Crippen LogP contribution in [0.5, 0.6) is 0 Å². The highest BCUT2D eigenvalue weighted by Gasteiger charge is 2.33. The molecule has 0 aliphatic carbocycles. The lowest BCUT2D eigenvalue weighted by atomic mass is 9.88. The summed E-state index contributed by atoms with van der Waals surface area (Å²) >= 11 is 3.57. The van der Waals surface area contributed by atoms with Crippen LogP contribution in [0.15, 0.2) is 182 Å². The summed E-state index contributed by atoms with van der Waals surface area (Å²) < 4.78 is 9.20. The van der Waals surface area contributed by atoms with Gasteiger partial charge in [-0.25, -0.2) is 14.8 Å². The molecule has 0 amide bonds. The molecule has 0 spiro atoms. The van der Waals surface area contributed by atoms with Crippen LogP contribution in [-0.2, 0) is 0 Å². The molecule has 0 bridgehead atoms. The molecule has 0 atom stereocenters. The number of pyridine rings is 2. The molecule has 68 heavy (non-hydrogen) atoms. The van der Waals surface area contributed by atoms with Crippen LogP contribution in [0.4, 0.5) is 5.69 Å². The number of benzene rings is 9. The van der Waals surface area contributed by atoms with Gasteiger partial charge in [-0.1, -0.05) is 133 Å². The van der Waals surface area contributed by atoms with Gasteiger partial charge in [0.25, 0.3) is 0 Å². The molecule has 312 valence electrons. The van der Waals surface area contributed by atoms with E-state index in [4.69, 9.17) is 9.97 Å². The summed E-state index contributed by atoms with van der Waals surface area (Å²) in [4.78, 5) is 15.0. The number of nitrogens with zero attached hydrogens (tertiary/aromatic N) is 6. The normalized spacial score (nSPS) is 12.1. The number of nitriles is 1. The Morgan fingerprint density at radius 3 is 1.66 bits per heavy atom. The van der Waals surface area contributed by atoms with E-state index >= 15 is 0 Å². The van der Waals surface area contributed by atoms with Gasteiger partial charge >= 0.3 is 0 Å². The number of rotatable bonds is 4. The second-order valence-corrected chi connectivity index (χ2v) is 19.5. The number of hydrogen-bond donors (Lipinski definition) is 0. The van der Waals surface area contributed by atoms with Gasteiger partial charge in [0.1, 0.15) is 17.4 Å². The minimum atomic E-state index is 0.352. The van der Waals surface area contributed by atoms with Crippen LogP contribution in [0.2, 0.25) is 0 Å². The maximum Gasteiger partial charge on any atom is 0.220 e. The molecule has 0 unspecified atom stereocenters. The van der Waals surface area contributed by atoms with Crippen molar-refractivity contribution in [2.24, 2.45) is 0 Å². The van der Waals surface area contributed by atoms with Crippen molar-refractivity contribution in [1.82, 2.24) is 19.1 Å². The van der Waals surface area contributed by atoms with E-state index in [-0.39, 0.29) is 0 Å². The van der Waals surface area contributed by atoms with Gasteiger partial charge in [0.2, 0.25) is 5.69 Å². The van der Waals surface area contributed by atoms with Gasteiger partial charge in [0.05, 0.1) is 39.2 Å². The number of fused-ring (bicyclic) bond motifs is 13. The van der Waals surface area contributed by atoms with Crippen LogP contribution >= 0.6 is 22.7 Å². The molecule has 0 N–H and O–H groups in total. The fraction of sp³-hybridized carbons (Fsp3) is 0. The van der Waals surface area contributed by atoms with E-state index in [0.717, 1.165) is 85.6 Å². The highest BCUT2D eigenvalue weighted by Crippen LogP contribution is 2.54. The van der Waals surface area contributed by atoms with Crippen LogP contribution in [-0.4, -0.2) is 19.1 Å². The summed E-state index contributed by atoms with van der Waals surface area (Å²) in [5.41, 5.74) is 8.44. The summed E-state index contributed by atoms with van der Waals surface area (Å²) in [5, 5.41) is 25.4. The second-order valence-electron chi connectivity index (χ2n) is 17.4. The molecule has 0 radical (unpaired) electrons. The van der Waals surface area contributed by atoms with Gasteiger partial charge in [0, 0.05) is 80.7 Å². The van der Waals surface area contributed by atoms with E-state index in [1.807, 2.05) is 60.9 Å². The third kappa shape index (κ3) is 4.82. The van der Waals surface area contributed by atoms with Crippen molar-refractivity contribution in [3.8, 4) is 39.7 Å². The molecule has 6 aromatic heterocycles. The lowest BCUT2D eigenvalue weighted by Crippen LogP contribution is -2.09. The number of hydrogen-bond acceptors (Lipinski definition) is 5. The molecular weight excluding hydrogens is 869 g/mol. The minimum absolute atomic E-state index is 0.352. The third-order valence-corrected chi connectivity index (χ3v) is 16.4. The van der Waals surface area contributed by atoms with E-state index < -0.39 is 0 Å². The van der Waals surface area contributed by atoms with Crippen molar-refractivity contribution in [1.29, 1.82) is 5.26 Å². The van der Waals surface area contributed by atoms with Crippen molar-refractivity contribution in [2.45, 2.75) is 0 Å². The Morgan fingerprint density at radius 2 is 1.03 bits per heavy atom. The van der Waals surface area contributed by atoms with Gasteiger partial charge in [-0.15, -0.1) is 22.7 Å². The minimum Gasteiger partial charge on any atom is -0.306 e. The molecule has 6 heterocycles. The van der Waals surface area contributed by atoms with Crippen LogP contribution in [0.25, 0.3) is 144 Å². The maximum atomic E-state index is 12.0. The number of thiophene rings is 2. The van der Waals surface area contributed by atoms with Gasteiger partial charge in [-0.2, -0.15) is 5.26 Å². The number of aromatic nitrogens is 4. The molecule has 0 saturated carbocycles. The van der Waals surface area contributed by atoms with E-state index in [1.54, 1.807) is 22.7 Å². The molecule has 0 saturated heterocycles. The lowest BCUT2D eigenvalue weighted by Gasteiger charge is -2.25. The summed E-state index contributed by atoms with van der Waals surface area (Å²) in [6.45, 7) is 9.30. The fourth-order valence-corrected chi connectivity index (χ4v) is 13.7. The monoisotopic (exact) mass is 898 g/mol. The van der Waals surface area contributed by atoms with Crippen molar-refractivity contribution >= 4 is 134 Å². The average Bonchev–Trinajstić information content (AvgIpc) is 4.15. The van der Waals surface area contributed by atoms with Crippen molar-refractivity contribution < 1.29 is 0 Å². The Balaban J connectivity index is 1.24. The fourth-order valence-electron chi connectivity index (χ4n) is 11.3. The summed E-state index contributed by atoms with van der Waals surface area (Å²) in [7, 11) is 0. The Bertz CT molecular complexity index is 4670. The Kier molecular flexibility index (Phi) is 7.58. The predicted octanol–water partition coefficient (Wildman–Crippen LogP) is 16.9. The van der Waals surface area contributed by atoms with Gasteiger partial charge < -0.3 is 4.57 Å². The Hall–Kier alpha value is -8.92. The zero-order valence-electron chi connectivity index (χ0n) is 35.8. The first kappa shape index (κ1) is 37.3. The topological polar surface area (TPSA) is 63.8 Å². The van der Waals surface area contributed by atoms with Crippen LogP contribution in [0.1, 0.15) is 5.56 Å². The largest absolute Gasteiger partial charge is 0.306 e. The summed E-state index contributed by atoms with van der Waals surface area (Å²) in [6, 6.07) is 62.2. The van der Waals surface area contributed by atoms with E-state index in [1.165, 1.54) is 25.6 Å². The SMILES string of the molecule is [C-]#[N+]c1c(-c2ccccc2)c(C#N)c(-n2c3cc4sc5ccccc5c4cc3c3ccc4c5ccccc5sc4c32)c(-c2ccccc2)c1-n1c2nccc3c4ccccc4c4ccnc1c4c32. The maximum absolute atomic E-state index is 12.0. The van der Waals surface area contributed by atoms with E-state index in [9.17, 15) is 11.8 Å². The van der Waals surface area contributed by atoms with Crippen LogP contribution in [0, 0.1) is 17.9 Å².